The summed E-state index contributed by atoms with van der Waals surface area (Å²) >= 11 is 5.47. The standard InChI is InChI=1S/C11H18ClN3O2/c1-2-15-7-6-14-10(11(15)16)13-5-3-8-17-9-4-12/h6-7H,2-5,8-9H2,1H3,(H,13,14). The van der Waals surface area contributed by atoms with Crippen LogP contribution in [0.25, 0.3) is 0 Å². The molecule has 0 amide bonds. The maximum atomic E-state index is 11.8. The van der Waals surface area contributed by atoms with E-state index in [1.165, 1.54) is 0 Å². The molecule has 0 bridgehead atoms. The summed E-state index contributed by atoms with van der Waals surface area (Å²) in [7, 11) is 0. The van der Waals surface area contributed by atoms with Crippen LogP contribution in [0.15, 0.2) is 17.2 Å². The maximum absolute atomic E-state index is 11.8. The van der Waals surface area contributed by atoms with Crippen LogP contribution in [0.2, 0.25) is 0 Å². The van der Waals surface area contributed by atoms with Crippen LogP contribution in [0.5, 0.6) is 0 Å². The molecule has 1 heterocycles. The van der Waals surface area contributed by atoms with E-state index in [4.69, 9.17) is 16.3 Å². The minimum Gasteiger partial charge on any atom is -0.380 e. The van der Waals surface area contributed by atoms with Gasteiger partial charge >= 0.3 is 0 Å². The van der Waals surface area contributed by atoms with Gasteiger partial charge in [0.1, 0.15) is 0 Å². The first kappa shape index (κ1) is 14.0. The van der Waals surface area contributed by atoms with Crippen LogP contribution in [0.4, 0.5) is 5.82 Å². The Morgan fingerprint density at radius 3 is 3.06 bits per heavy atom. The predicted molar refractivity (Wildman–Crippen MR) is 68.8 cm³/mol. The molecule has 0 saturated heterocycles. The molecule has 96 valence electrons. The van der Waals surface area contributed by atoms with Gasteiger partial charge < -0.3 is 14.6 Å². The van der Waals surface area contributed by atoms with E-state index in [-0.39, 0.29) is 5.56 Å². The van der Waals surface area contributed by atoms with Crippen molar-refractivity contribution >= 4 is 17.4 Å². The fraction of sp³-hybridized carbons (Fsp3) is 0.636. The molecule has 0 aromatic carbocycles. The zero-order chi connectivity index (χ0) is 12.5. The van der Waals surface area contributed by atoms with E-state index < -0.39 is 0 Å². The number of nitrogens with one attached hydrogen (secondary N) is 1. The molecule has 5 nitrogen and oxygen atoms in total. The summed E-state index contributed by atoms with van der Waals surface area (Å²) in [6.45, 7) is 4.43. The molecular formula is C11H18ClN3O2. The Balaban J connectivity index is 2.34. The first-order valence-corrected chi connectivity index (χ1v) is 6.26. The smallest absolute Gasteiger partial charge is 0.293 e. The van der Waals surface area contributed by atoms with Gasteiger partial charge in [0.25, 0.3) is 5.56 Å². The second-order valence-electron chi connectivity index (χ2n) is 3.45. The van der Waals surface area contributed by atoms with Gasteiger partial charge in [0, 0.05) is 38.0 Å². The summed E-state index contributed by atoms with van der Waals surface area (Å²) in [4.78, 5) is 15.8. The Morgan fingerprint density at radius 2 is 2.35 bits per heavy atom. The lowest BCUT2D eigenvalue weighted by Gasteiger charge is -2.07. The third kappa shape index (κ3) is 4.75. The molecule has 0 fully saturated rings. The lowest BCUT2D eigenvalue weighted by Crippen LogP contribution is -2.24. The number of halogens is 1. The van der Waals surface area contributed by atoms with Crippen molar-refractivity contribution in [3.8, 4) is 0 Å². The average Bonchev–Trinajstić information content (AvgIpc) is 2.35. The van der Waals surface area contributed by atoms with E-state index in [1.54, 1.807) is 17.0 Å². The van der Waals surface area contributed by atoms with Crippen LogP contribution in [0, 0.1) is 0 Å². The van der Waals surface area contributed by atoms with Gasteiger partial charge in [-0.2, -0.15) is 0 Å². The highest BCUT2D eigenvalue weighted by Gasteiger charge is 2.01. The first-order valence-electron chi connectivity index (χ1n) is 5.72. The number of hydrogen-bond donors (Lipinski definition) is 1. The number of alkyl halides is 1. The third-order valence-electron chi connectivity index (χ3n) is 2.23. The minimum absolute atomic E-state index is 0.0864. The van der Waals surface area contributed by atoms with E-state index in [2.05, 4.69) is 10.3 Å². The second kappa shape index (κ2) is 8.08. The first-order chi connectivity index (χ1) is 8.29. The molecule has 1 aromatic heterocycles. The van der Waals surface area contributed by atoms with Crippen molar-refractivity contribution in [3.63, 3.8) is 0 Å². The van der Waals surface area contributed by atoms with Crippen LogP contribution in [-0.2, 0) is 11.3 Å². The van der Waals surface area contributed by atoms with Crippen LogP contribution in [0.1, 0.15) is 13.3 Å². The van der Waals surface area contributed by atoms with Gasteiger partial charge in [-0.05, 0) is 13.3 Å². The topological polar surface area (TPSA) is 56.1 Å². The fourth-order valence-electron chi connectivity index (χ4n) is 1.36. The molecule has 1 rings (SSSR count). The van der Waals surface area contributed by atoms with Gasteiger partial charge in [-0.25, -0.2) is 4.98 Å². The summed E-state index contributed by atoms with van der Waals surface area (Å²) < 4.78 is 6.83. The van der Waals surface area contributed by atoms with Crippen LogP contribution in [0.3, 0.4) is 0 Å². The molecular weight excluding hydrogens is 242 g/mol. The zero-order valence-electron chi connectivity index (χ0n) is 9.99. The predicted octanol–water partition coefficient (Wildman–Crippen LogP) is 1.32. The Labute approximate surface area is 106 Å². The summed E-state index contributed by atoms with van der Waals surface area (Å²) in [6.07, 6.45) is 4.12. The fourth-order valence-corrected chi connectivity index (χ4v) is 1.46. The summed E-state index contributed by atoms with van der Waals surface area (Å²) in [5.74, 6) is 0.904. The monoisotopic (exact) mass is 259 g/mol. The molecule has 1 N–H and O–H groups in total. The van der Waals surface area contributed by atoms with Crippen molar-refractivity contribution in [2.75, 3.05) is 31.0 Å². The quantitative estimate of drug-likeness (QED) is 0.565. The number of aryl methyl sites for hydroxylation is 1. The number of anilines is 1. The number of nitrogens with zero attached hydrogens (tertiary/aromatic N) is 2. The van der Waals surface area contributed by atoms with Gasteiger partial charge in [-0.1, -0.05) is 0 Å². The Morgan fingerprint density at radius 1 is 1.53 bits per heavy atom. The molecule has 0 atom stereocenters. The Bertz CT molecular complexity index is 381. The summed E-state index contributed by atoms with van der Waals surface area (Å²) in [5, 5.41) is 3.01. The molecule has 0 unspecified atom stereocenters. The molecule has 17 heavy (non-hydrogen) atoms. The van der Waals surface area contributed by atoms with Gasteiger partial charge in [-0.15, -0.1) is 11.6 Å². The highest BCUT2D eigenvalue weighted by Crippen LogP contribution is 1.94. The van der Waals surface area contributed by atoms with Crippen LogP contribution >= 0.6 is 11.6 Å². The number of rotatable bonds is 8. The van der Waals surface area contributed by atoms with Crippen molar-refractivity contribution in [3.05, 3.63) is 22.7 Å². The van der Waals surface area contributed by atoms with Gasteiger partial charge in [0.15, 0.2) is 5.82 Å². The highest BCUT2D eigenvalue weighted by molar-refractivity contribution is 6.17. The Kier molecular flexibility index (Phi) is 6.65. The minimum atomic E-state index is -0.0864. The lowest BCUT2D eigenvalue weighted by molar-refractivity contribution is 0.149. The molecule has 1 aromatic rings. The molecule has 0 aliphatic rings. The van der Waals surface area contributed by atoms with Crippen molar-refractivity contribution in [2.45, 2.75) is 19.9 Å². The normalized spacial score (nSPS) is 10.5. The maximum Gasteiger partial charge on any atom is 0.293 e. The molecule has 0 spiro atoms. The molecule has 6 heteroatoms. The summed E-state index contributed by atoms with van der Waals surface area (Å²) in [6, 6.07) is 0. The Hall–Kier alpha value is -1.07. The number of aromatic nitrogens is 2. The van der Waals surface area contributed by atoms with E-state index in [1.807, 2.05) is 6.92 Å². The molecule has 0 saturated carbocycles. The van der Waals surface area contributed by atoms with Gasteiger partial charge in [0.05, 0.1) is 6.61 Å². The average molecular weight is 260 g/mol. The van der Waals surface area contributed by atoms with Crippen molar-refractivity contribution < 1.29 is 4.74 Å². The van der Waals surface area contributed by atoms with Crippen LogP contribution in [-0.4, -0.2) is 35.2 Å². The van der Waals surface area contributed by atoms with E-state index in [9.17, 15) is 4.79 Å². The third-order valence-corrected chi connectivity index (χ3v) is 2.39. The van der Waals surface area contributed by atoms with Crippen molar-refractivity contribution in [2.24, 2.45) is 0 Å². The van der Waals surface area contributed by atoms with E-state index >= 15 is 0 Å². The number of hydrogen-bond acceptors (Lipinski definition) is 4. The second-order valence-corrected chi connectivity index (χ2v) is 3.83. The number of ether oxygens (including phenoxy) is 1. The van der Waals surface area contributed by atoms with Gasteiger partial charge in [0.2, 0.25) is 0 Å². The van der Waals surface area contributed by atoms with E-state index in [0.29, 0.717) is 38.0 Å². The largest absolute Gasteiger partial charge is 0.380 e. The van der Waals surface area contributed by atoms with Gasteiger partial charge in [-0.3, -0.25) is 4.79 Å². The molecule has 0 aliphatic carbocycles. The van der Waals surface area contributed by atoms with Crippen molar-refractivity contribution in [1.82, 2.24) is 9.55 Å². The lowest BCUT2D eigenvalue weighted by atomic mass is 10.4. The highest BCUT2D eigenvalue weighted by atomic mass is 35.5. The van der Waals surface area contributed by atoms with Crippen molar-refractivity contribution in [1.29, 1.82) is 0 Å². The van der Waals surface area contributed by atoms with E-state index in [0.717, 1.165) is 6.42 Å². The molecule has 0 radical (unpaired) electrons. The van der Waals surface area contributed by atoms with Crippen LogP contribution < -0.4 is 10.9 Å². The summed E-state index contributed by atoms with van der Waals surface area (Å²) in [5.41, 5.74) is -0.0864. The SMILES string of the molecule is CCn1ccnc(NCCCOCCCl)c1=O. The zero-order valence-corrected chi connectivity index (χ0v) is 10.7. The molecule has 0 aliphatic heterocycles.